The van der Waals surface area contributed by atoms with Crippen molar-refractivity contribution in [3.8, 4) is 0 Å². The van der Waals surface area contributed by atoms with Crippen LogP contribution in [0.5, 0.6) is 0 Å². The smallest absolute Gasteiger partial charge is 0.261 e. The zero-order chi connectivity index (χ0) is 14.3. The molecule has 1 N–H and O–H groups in total. The Morgan fingerprint density at radius 1 is 1.25 bits per heavy atom. The minimum Gasteiger partial charge on any atom is -0.319 e. The van der Waals surface area contributed by atoms with Crippen molar-refractivity contribution in [1.82, 2.24) is 24.4 Å². The van der Waals surface area contributed by atoms with Gasteiger partial charge in [-0.15, -0.1) is 0 Å². The molecule has 20 heavy (non-hydrogen) atoms. The molecule has 0 aliphatic carbocycles. The van der Waals surface area contributed by atoms with E-state index in [0.29, 0.717) is 16.9 Å². The number of amides is 1. The van der Waals surface area contributed by atoms with E-state index in [1.165, 1.54) is 6.20 Å². The van der Waals surface area contributed by atoms with E-state index >= 15 is 0 Å². The van der Waals surface area contributed by atoms with Crippen LogP contribution in [0.3, 0.4) is 0 Å². The standard InChI is InChI=1S/C13H14N6O/c1-8-4-14-12-10(5-15-19(12)6-8)13(20)16-11-7-18(3)17-9(11)2/h4-7H,1-3H3,(H,16,20). The number of hydrogen-bond donors (Lipinski definition) is 1. The third-order valence-corrected chi connectivity index (χ3v) is 2.99. The average molecular weight is 270 g/mol. The third-order valence-electron chi connectivity index (χ3n) is 2.99. The Hall–Kier alpha value is -2.70. The van der Waals surface area contributed by atoms with E-state index in [9.17, 15) is 4.79 Å². The molecule has 1 amide bonds. The number of aryl methyl sites for hydroxylation is 3. The zero-order valence-electron chi connectivity index (χ0n) is 11.5. The molecule has 0 aliphatic heterocycles. The van der Waals surface area contributed by atoms with Crippen LogP contribution in [0.2, 0.25) is 0 Å². The van der Waals surface area contributed by atoms with Crippen molar-refractivity contribution >= 4 is 17.2 Å². The molecule has 3 heterocycles. The highest BCUT2D eigenvalue weighted by molar-refractivity contribution is 6.08. The van der Waals surface area contributed by atoms with Crippen LogP contribution >= 0.6 is 0 Å². The molecule has 3 aromatic heterocycles. The normalized spacial score (nSPS) is 10.9. The van der Waals surface area contributed by atoms with Crippen LogP contribution in [0.4, 0.5) is 5.69 Å². The van der Waals surface area contributed by atoms with Gasteiger partial charge in [0.25, 0.3) is 5.91 Å². The van der Waals surface area contributed by atoms with Gasteiger partial charge in [0, 0.05) is 25.6 Å². The summed E-state index contributed by atoms with van der Waals surface area (Å²) in [5.41, 5.74) is 3.41. The van der Waals surface area contributed by atoms with Gasteiger partial charge in [0.15, 0.2) is 5.65 Å². The highest BCUT2D eigenvalue weighted by Crippen LogP contribution is 2.15. The molecule has 7 heteroatoms. The van der Waals surface area contributed by atoms with Gasteiger partial charge in [-0.25, -0.2) is 9.50 Å². The first-order chi connectivity index (χ1) is 9.54. The second-order valence-electron chi connectivity index (χ2n) is 4.71. The predicted molar refractivity (Wildman–Crippen MR) is 73.6 cm³/mol. The lowest BCUT2D eigenvalue weighted by atomic mass is 10.3. The maximum absolute atomic E-state index is 12.3. The first kappa shape index (κ1) is 12.3. The molecule has 0 aromatic carbocycles. The van der Waals surface area contributed by atoms with Gasteiger partial charge in [-0.05, 0) is 19.4 Å². The molecular weight excluding hydrogens is 256 g/mol. The zero-order valence-corrected chi connectivity index (χ0v) is 11.5. The minimum absolute atomic E-state index is 0.243. The molecule has 0 saturated heterocycles. The molecule has 0 fully saturated rings. The van der Waals surface area contributed by atoms with Crippen LogP contribution in [-0.2, 0) is 7.05 Å². The Balaban J connectivity index is 1.95. The Morgan fingerprint density at radius 2 is 2.05 bits per heavy atom. The topological polar surface area (TPSA) is 77.1 Å². The van der Waals surface area contributed by atoms with Gasteiger partial charge < -0.3 is 5.32 Å². The van der Waals surface area contributed by atoms with Crippen molar-refractivity contribution in [2.45, 2.75) is 13.8 Å². The van der Waals surface area contributed by atoms with E-state index in [1.54, 1.807) is 21.6 Å². The molecule has 0 spiro atoms. The lowest BCUT2D eigenvalue weighted by Crippen LogP contribution is -2.12. The number of rotatable bonds is 2. The van der Waals surface area contributed by atoms with E-state index < -0.39 is 0 Å². The van der Waals surface area contributed by atoms with Crippen molar-refractivity contribution in [2.24, 2.45) is 7.05 Å². The number of carbonyl (C=O) groups excluding carboxylic acids is 1. The van der Waals surface area contributed by atoms with Gasteiger partial charge >= 0.3 is 0 Å². The lowest BCUT2D eigenvalue weighted by Gasteiger charge is -2.01. The summed E-state index contributed by atoms with van der Waals surface area (Å²) in [5, 5.41) is 11.2. The van der Waals surface area contributed by atoms with Crippen LogP contribution in [0.15, 0.2) is 24.8 Å². The van der Waals surface area contributed by atoms with E-state index in [2.05, 4.69) is 20.5 Å². The van der Waals surface area contributed by atoms with E-state index in [-0.39, 0.29) is 5.91 Å². The Labute approximate surface area is 115 Å². The molecule has 0 radical (unpaired) electrons. The van der Waals surface area contributed by atoms with Gasteiger partial charge in [-0.1, -0.05) is 0 Å². The van der Waals surface area contributed by atoms with Crippen molar-refractivity contribution in [1.29, 1.82) is 0 Å². The largest absolute Gasteiger partial charge is 0.319 e. The van der Waals surface area contributed by atoms with Crippen LogP contribution in [-0.4, -0.2) is 30.3 Å². The van der Waals surface area contributed by atoms with Crippen molar-refractivity contribution in [3.05, 3.63) is 41.6 Å². The molecular formula is C13H14N6O. The molecule has 0 saturated carbocycles. The van der Waals surface area contributed by atoms with E-state index in [4.69, 9.17) is 0 Å². The van der Waals surface area contributed by atoms with E-state index in [1.807, 2.05) is 27.1 Å². The molecule has 7 nitrogen and oxygen atoms in total. The summed E-state index contributed by atoms with van der Waals surface area (Å²) in [5.74, 6) is -0.243. The molecule has 0 unspecified atom stereocenters. The number of nitrogens with zero attached hydrogens (tertiary/aromatic N) is 5. The average Bonchev–Trinajstić information content (AvgIpc) is 2.92. The molecule has 3 aromatic rings. The summed E-state index contributed by atoms with van der Waals surface area (Å²) in [7, 11) is 1.81. The number of nitrogens with one attached hydrogen (secondary N) is 1. The van der Waals surface area contributed by atoms with Gasteiger partial charge in [-0.2, -0.15) is 10.2 Å². The number of hydrogen-bond acceptors (Lipinski definition) is 4. The third kappa shape index (κ3) is 2.03. The number of anilines is 1. The molecule has 0 atom stereocenters. The minimum atomic E-state index is -0.243. The van der Waals surface area contributed by atoms with E-state index in [0.717, 1.165) is 11.3 Å². The van der Waals surface area contributed by atoms with Crippen LogP contribution in [0, 0.1) is 13.8 Å². The summed E-state index contributed by atoms with van der Waals surface area (Å²) < 4.78 is 3.25. The summed E-state index contributed by atoms with van der Waals surface area (Å²) >= 11 is 0. The van der Waals surface area contributed by atoms with Crippen molar-refractivity contribution in [3.63, 3.8) is 0 Å². The SMILES string of the molecule is Cc1cnc2c(C(=O)Nc3cn(C)nc3C)cnn2c1. The second-order valence-corrected chi connectivity index (χ2v) is 4.71. The fraction of sp³-hybridized carbons (Fsp3) is 0.231. The van der Waals surface area contributed by atoms with Crippen LogP contribution in [0.1, 0.15) is 21.6 Å². The van der Waals surface area contributed by atoms with Gasteiger partial charge in [0.2, 0.25) is 0 Å². The second kappa shape index (κ2) is 4.44. The summed E-state index contributed by atoms with van der Waals surface area (Å²) in [4.78, 5) is 16.5. The maximum atomic E-state index is 12.3. The van der Waals surface area contributed by atoms with Gasteiger partial charge in [0.1, 0.15) is 5.56 Å². The Morgan fingerprint density at radius 3 is 2.75 bits per heavy atom. The quantitative estimate of drug-likeness (QED) is 0.762. The highest BCUT2D eigenvalue weighted by Gasteiger charge is 2.15. The number of aromatic nitrogens is 5. The summed E-state index contributed by atoms with van der Waals surface area (Å²) in [6, 6.07) is 0. The maximum Gasteiger partial charge on any atom is 0.261 e. The summed E-state index contributed by atoms with van der Waals surface area (Å²) in [6.45, 7) is 3.76. The molecule has 102 valence electrons. The van der Waals surface area contributed by atoms with Crippen molar-refractivity contribution < 1.29 is 4.79 Å². The number of fused-ring (bicyclic) bond motifs is 1. The van der Waals surface area contributed by atoms with Crippen molar-refractivity contribution in [2.75, 3.05) is 5.32 Å². The Kier molecular flexibility index (Phi) is 2.74. The first-order valence-corrected chi connectivity index (χ1v) is 6.16. The monoisotopic (exact) mass is 270 g/mol. The summed E-state index contributed by atoms with van der Waals surface area (Å²) in [6.07, 6.45) is 6.82. The Bertz CT molecular complexity index is 800. The molecule has 0 bridgehead atoms. The molecule has 0 aliphatic rings. The van der Waals surface area contributed by atoms with Gasteiger partial charge in [0.05, 0.1) is 17.6 Å². The first-order valence-electron chi connectivity index (χ1n) is 6.16. The molecule has 3 rings (SSSR count). The predicted octanol–water partition coefficient (Wildman–Crippen LogP) is 1.33. The number of carbonyl (C=O) groups is 1. The lowest BCUT2D eigenvalue weighted by molar-refractivity contribution is 0.102. The fourth-order valence-electron chi connectivity index (χ4n) is 2.04. The van der Waals surface area contributed by atoms with Crippen LogP contribution in [0.25, 0.3) is 5.65 Å². The van der Waals surface area contributed by atoms with Gasteiger partial charge in [-0.3, -0.25) is 9.48 Å². The van der Waals surface area contributed by atoms with Crippen LogP contribution < -0.4 is 5.32 Å². The fourth-order valence-corrected chi connectivity index (χ4v) is 2.04. The highest BCUT2D eigenvalue weighted by atomic mass is 16.1.